The summed E-state index contributed by atoms with van der Waals surface area (Å²) in [7, 11) is 0. The maximum atomic E-state index is 11.8. The van der Waals surface area contributed by atoms with E-state index in [1.165, 1.54) is 106 Å². The van der Waals surface area contributed by atoms with E-state index in [9.17, 15) is 65.4 Å². The number of carbonyl (C=O) groups is 3. The maximum absolute atomic E-state index is 11.8. The Morgan fingerprint density at radius 1 is 0.446 bits per heavy atom. The minimum absolute atomic E-state index is 0.0294. The fourth-order valence-corrected chi connectivity index (χ4v) is 11.5. The molecule has 0 amide bonds. The predicted octanol–water partition coefficient (Wildman–Crippen LogP) is 21.0. The SMILES string of the molecule is CC(=O)OC(CC=C(C)C)/C(C)=C/C=C/C(C)=C(C)C.CC(C)=C(C)/C=C/[C@@H]1C(=C(C)C)C[C@H](O)[C@@]1(C)O.CC(C)=C(C)/C=C/[C@H]1C(=C(C)C)C[C@H](O)[C@]1(C)O.CC(C)=C(C)/C=C/[C@H]1[C@@H](C(C)C)C[C@H](O)[C@]1(C)O.CC(C)=CC[C@H](O)[C@@](C)(O)/C=C/C(=O)C(C)=C(C)C.CC(C)=CC[C@H](O)[C@](C)(O)/C=C/C(=O)C(C)=C(C)C. The van der Waals surface area contributed by atoms with Gasteiger partial charge in [-0.25, -0.2) is 0 Å². The number of hydrogen-bond donors (Lipinski definition) is 10. The van der Waals surface area contributed by atoms with Gasteiger partial charge in [0.1, 0.15) is 17.3 Å². The standard InChI is InChI=1S/C18H28O2.2C16H26O3.C16H28O2.2C16H26O2/c1-13(2)11-12-18(20-17(7)19)16(6)10-8-9-15(5)14(3)4;2*1-11(2)7-8-15(18)16(6,19)10-9-14(17)13(5)12(3)4;3*1-10(2)12(5)7-8-14-13(11(3)4)9-15(17)16(14,6)18/h8-11,18H,12H2,1-7H3;2*7,9-10,15,18-19H,8H2,1-6H3;7-8,11,13-15,17-18H,9H2,1-6H3;2*7-8,14-15,17-18H,9H2,1-6H3/b9-8+,16-10+;2*10-9+;3*8-7+/t;15-,16+;15-,16-;13-,14+,15+,16-;14-,15+,16+;14-,15-,16+/m.00110/s1. The summed E-state index contributed by atoms with van der Waals surface area (Å²) in [5, 5.41) is 101. The topological polar surface area (TPSA) is 263 Å². The molecule has 0 aromatic rings. The quantitative estimate of drug-likeness (QED) is 0.0176. The number of carbonyl (C=O) groups excluding carboxylic acids is 3. The van der Waals surface area contributed by atoms with Crippen LogP contribution in [0, 0.1) is 29.6 Å². The minimum atomic E-state index is -1.41. The Labute approximate surface area is 681 Å². The van der Waals surface area contributed by atoms with E-state index in [1.54, 1.807) is 34.6 Å². The van der Waals surface area contributed by atoms with Gasteiger partial charge in [0.05, 0.1) is 47.3 Å². The first-order valence-electron chi connectivity index (χ1n) is 40.0. The summed E-state index contributed by atoms with van der Waals surface area (Å²) in [5.41, 5.74) is 16.4. The second kappa shape index (κ2) is 50.9. The first-order valence-corrected chi connectivity index (χ1v) is 40.0. The Balaban J connectivity index is -0.00000127. The van der Waals surface area contributed by atoms with Crippen LogP contribution in [0.4, 0.5) is 0 Å². The van der Waals surface area contributed by atoms with Crippen molar-refractivity contribution in [3.63, 3.8) is 0 Å². The molecule has 3 aliphatic rings. The summed E-state index contributed by atoms with van der Waals surface area (Å²) in [4.78, 5) is 34.7. The largest absolute Gasteiger partial charge is 0.458 e. The van der Waals surface area contributed by atoms with Crippen LogP contribution in [-0.2, 0) is 19.1 Å². The molecule has 0 aromatic heterocycles. The lowest BCUT2D eigenvalue weighted by atomic mass is 9.80. The Hall–Kier alpha value is -6.27. The van der Waals surface area contributed by atoms with E-state index in [-0.39, 0.29) is 41.4 Å². The highest BCUT2D eigenvalue weighted by atomic mass is 16.5. The molecule has 14 heteroatoms. The van der Waals surface area contributed by atoms with Crippen molar-refractivity contribution < 1.29 is 70.2 Å². The molecule has 0 radical (unpaired) electrons. The number of allylic oxidation sites excluding steroid dienone is 25. The van der Waals surface area contributed by atoms with Gasteiger partial charge in [-0.15, -0.1) is 0 Å². The van der Waals surface area contributed by atoms with E-state index in [2.05, 4.69) is 133 Å². The lowest BCUT2D eigenvalue weighted by Crippen LogP contribution is -2.40. The van der Waals surface area contributed by atoms with E-state index >= 15 is 0 Å². The number of aliphatic hydroxyl groups excluding tert-OH is 5. The molecule has 0 bridgehead atoms. The molecule has 3 fully saturated rings. The van der Waals surface area contributed by atoms with E-state index in [0.29, 0.717) is 55.1 Å². The van der Waals surface area contributed by atoms with Crippen molar-refractivity contribution in [1.29, 1.82) is 0 Å². The minimum Gasteiger partial charge on any atom is -0.458 e. The summed E-state index contributed by atoms with van der Waals surface area (Å²) in [6.45, 7) is 71.8. The fourth-order valence-electron chi connectivity index (χ4n) is 11.5. The highest BCUT2D eigenvalue weighted by Gasteiger charge is 2.50. The van der Waals surface area contributed by atoms with Crippen LogP contribution in [0.15, 0.2) is 209 Å². The number of aliphatic hydroxyl groups is 10. The third-order valence-corrected chi connectivity index (χ3v) is 21.9. The third-order valence-electron chi connectivity index (χ3n) is 21.9. The zero-order chi connectivity index (χ0) is 88.4. The second-order valence-electron chi connectivity index (χ2n) is 35.2. The van der Waals surface area contributed by atoms with Gasteiger partial charge in [0, 0.05) is 31.1 Å². The van der Waals surface area contributed by atoms with Gasteiger partial charge in [-0.2, -0.15) is 0 Å². The second-order valence-corrected chi connectivity index (χ2v) is 35.2. The lowest BCUT2D eigenvalue weighted by molar-refractivity contribution is -0.144. The van der Waals surface area contributed by atoms with Gasteiger partial charge >= 0.3 is 5.97 Å². The molecule has 3 aliphatic carbocycles. The van der Waals surface area contributed by atoms with Crippen LogP contribution in [0.3, 0.4) is 0 Å². The Bertz CT molecular complexity index is 3470. The number of esters is 1. The first kappa shape index (κ1) is 110. The first-order chi connectivity index (χ1) is 50.9. The molecule has 0 heterocycles. The monoisotopic (exact) mass is 1560 g/mol. The average molecular weight is 1560 g/mol. The predicted molar refractivity (Wildman–Crippen MR) is 473 cm³/mol. The molecule has 10 N–H and O–H groups in total. The number of hydrogen-bond acceptors (Lipinski definition) is 14. The molecule has 15 atom stereocenters. The summed E-state index contributed by atoms with van der Waals surface area (Å²) in [6, 6.07) is 0. The number of ketones is 2. The molecular formula is C98H160O14. The molecule has 1 unspecified atom stereocenters. The molecule has 3 rings (SSSR count). The van der Waals surface area contributed by atoms with Crippen molar-refractivity contribution in [3.8, 4) is 0 Å². The van der Waals surface area contributed by atoms with Gasteiger partial charge in [0.2, 0.25) is 0 Å². The van der Waals surface area contributed by atoms with Crippen LogP contribution in [0.5, 0.6) is 0 Å². The summed E-state index contributed by atoms with van der Waals surface area (Å²) >= 11 is 0. The van der Waals surface area contributed by atoms with Crippen molar-refractivity contribution in [1.82, 2.24) is 0 Å². The van der Waals surface area contributed by atoms with Crippen LogP contribution in [0.1, 0.15) is 295 Å². The van der Waals surface area contributed by atoms with Crippen molar-refractivity contribution in [3.05, 3.63) is 209 Å². The third kappa shape index (κ3) is 39.9. The fraction of sp³-hybridized carbons (Fsp3) is 0.602. The van der Waals surface area contributed by atoms with Crippen molar-refractivity contribution in [2.75, 3.05) is 0 Å². The Morgan fingerprint density at radius 3 is 1.04 bits per heavy atom. The average Bonchev–Trinajstić information content (AvgIpc) is 1.65. The van der Waals surface area contributed by atoms with Crippen LogP contribution in [0.2, 0.25) is 0 Å². The highest BCUT2D eigenvalue weighted by molar-refractivity contribution is 6.04. The van der Waals surface area contributed by atoms with Gasteiger partial charge in [-0.1, -0.05) is 182 Å². The summed E-state index contributed by atoms with van der Waals surface area (Å²) in [5.74, 6) is 0.130. The lowest BCUT2D eigenvalue weighted by Gasteiger charge is -2.30. The molecule has 3 saturated carbocycles. The van der Waals surface area contributed by atoms with Gasteiger partial charge in [-0.3, -0.25) is 14.4 Å². The van der Waals surface area contributed by atoms with Crippen LogP contribution in [-0.4, -0.2) is 133 Å². The molecular weight excluding hydrogens is 1400 g/mol. The molecule has 14 nitrogen and oxygen atoms in total. The molecule has 0 saturated heterocycles. The molecule has 0 spiro atoms. The Kier molecular flexibility index (Phi) is 50.0. The zero-order valence-electron chi connectivity index (χ0n) is 76.9. The smallest absolute Gasteiger partial charge is 0.303 e. The van der Waals surface area contributed by atoms with Crippen molar-refractivity contribution in [2.24, 2.45) is 29.6 Å². The van der Waals surface area contributed by atoms with E-state index in [0.717, 1.165) is 45.4 Å². The van der Waals surface area contributed by atoms with Crippen LogP contribution in [0.25, 0.3) is 0 Å². The normalized spacial score (nSPS) is 23.9. The number of ether oxygens (including phenoxy) is 1. The zero-order valence-corrected chi connectivity index (χ0v) is 76.9. The number of rotatable bonds is 25. The van der Waals surface area contributed by atoms with E-state index < -0.39 is 58.5 Å². The van der Waals surface area contributed by atoms with Gasteiger partial charge in [0.25, 0.3) is 0 Å². The molecule has 112 heavy (non-hydrogen) atoms. The van der Waals surface area contributed by atoms with E-state index in [1.807, 2.05) is 140 Å². The van der Waals surface area contributed by atoms with Gasteiger partial charge < -0.3 is 55.8 Å². The van der Waals surface area contributed by atoms with Crippen LogP contribution < -0.4 is 0 Å². The van der Waals surface area contributed by atoms with Crippen molar-refractivity contribution in [2.45, 2.75) is 359 Å². The molecule has 636 valence electrons. The Morgan fingerprint density at radius 2 is 0.759 bits per heavy atom. The summed E-state index contributed by atoms with van der Waals surface area (Å²) in [6.07, 6.45) is 28.9. The van der Waals surface area contributed by atoms with E-state index in [4.69, 9.17) is 4.74 Å². The van der Waals surface area contributed by atoms with Gasteiger partial charge in [0.15, 0.2) is 11.6 Å². The summed E-state index contributed by atoms with van der Waals surface area (Å²) < 4.78 is 5.37. The van der Waals surface area contributed by atoms with Crippen molar-refractivity contribution >= 4 is 17.5 Å². The van der Waals surface area contributed by atoms with Crippen LogP contribution >= 0.6 is 0 Å². The maximum Gasteiger partial charge on any atom is 0.303 e. The molecule has 0 aliphatic heterocycles. The molecule has 0 aromatic carbocycles. The van der Waals surface area contributed by atoms with Gasteiger partial charge in [-0.05, 0) is 320 Å². The highest BCUT2D eigenvalue weighted by Crippen LogP contribution is 2.46.